The first-order valence-corrected chi connectivity index (χ1v) is 15.2. The van der Waals surface area contributed by atoms with Crippen molar-refractivity contribution in [1.29, 1.82) is 0 Å². The smallest absolute Gasteiger partial charge is 0.338 e. The first-order chi connectivity index (χ1) is 21.6. The summed E-state index contributed by atoms with van der Waals surface area (Å²) in [5.74, 6) is -1.01. The summed E-state index contributed by atoms with van der Waals surface area (Å²) in [6.45, 7) is 7.53. The van der Waals surface area contributed by atoms with Crippen molar-refractivity contribution < 1.29 is 24.2 Å². The predicted molar refractivity (Wildman–Crippen MR) is 173 cm³/mol. The molecule has 1 atom stereocenters. The molecule has 3 heterocycles. The summed E-state index contributed by atoms with van der Waals surface area (Å²) in [5, 5.41) is 11.3. The van der Waals surface area contributed by atoms with Crippen molar-refractivity contribution in [2.75, 3.05) is 13.7 Å². The van der Waals surface area contributed by atoms with Crippen LogP contribution in [-0.2, 0) is 9.53 Å². The SMILES string of the molecule is CCOC(=O)C1=C(C)N=c2s/c(=C\c3cc(C)n(-c4cccc(C(=O)O)c4)c3C)c(=O)n2[C@@H]1c1c(OC)ccc2ccccc12. The van der Waals surface area contributed by atoms with Gasteiger partial charge in [0.1, 0.15) is 11.8 Å². The van der Waals surface area contributed by atoms with Crippen LogP contribution in [0.4, 0.5) is 0 Å². The summed E-state index contributed by atoms with van der Waals surface area (Å²) < 4.78 is 15.3. The number of carbonyl (C=O) groups excluding carboxylic acids is 1. The lowest BCUT2D eigenvalue weighted by atomic mass is 9.90. The van der Waals surface area contributed by atoms with Crippen molar-refractivity contribution >= 4 is 40.1 Å². The van der Waals surface area contributed by atoms with Gasteiger partial charge in [-0.25, -0.2) is 14.6 Å². The number of hydrogen-bond donors (Lipinski definition) is 1. The van der Waals surface area contributed by atoms with Gasteiger partial charge in [-0.3, -0.25) is 9.36 Å². The van der Waals surface area contributed by atoms with Gasteiger partial charge in [0.05, 0.1) is 35.1 Å². The van der Waals surface area contributed by atoms with E-state index in [0.717, 1.165) is 27.7 Å². The number of nitrogens with zero attached hydrogens (tertiary/aromatic N) is 3. The average molecular weight is 622 g/mol. The fraction of sp³-hybridized carbons (Fsp3) is 0.200. The van der Waals surface area contributed by atoms with Crippen molar-refractivity contribution in [3.8, 4) is 11.4 Å². The van der Waals surface area contributed by atoms with Crippen LogP contribution >= 0.6 is 11.3 Å². The lowest BCUT2D eigenvalue weighted by Crippen LogP contribution is -2.40. The third kappa shape index (κ3) is 5.06. The average Bonchev–Trinajstić information content (AvgIpc) is 3.48. The molecule has 0 saturated heterocycles. The second kappa shape index (κ2) is 11.7. The summed E-state index contributed by atoms with van der Waals surface area (Å²) in [7, 11) is 1.57. The monoisotopic (exact) mass is 621 g/mol. The number of benzene rings is 3. The minimum absolute atomic E-state index is 0.171. The van der Waals surface area contributed by atoms with Gasteiger partial charge < -0.3 is 19.1 Å². The summed E-state index contributed by atoms with van der Waals surface area (Å²) >= 11 is 1.25. The Morgan fingerprint density at radius 2 is 1.82 bits per heavy atom. The zero-order chi connectivity index (χ0) is 32.0. The van der Waals surface area contributed by atoms with Crippen LogP contribution in [0.15, 0.2) is 87.8 Å². The van der Waals surface area contributed by atoms with E-state index in [1.807, 2.05) is 73.0 Å². The van der Waals surface area contributed by atoms with Gasteiger partial charge in [-0.05, 0) is 80.4 Å². The summed E-state index contributed by atoms with van der Waals surface area (Å²) in [4.78, 5) is 44.6. The Kier molecular flexibility index (Phi) is 7.76. The maximum absolute atomic E-state index is 14.4. The molecule has 5 aromatic rings. The van der Waals surface area contributed by atoms with Crippen LogP contribution < -0.4 is 19.6 Å². The van der Waals surface area contributed by atoms with E-state index in [1.165, 1.54) is 11.3 Å². The van der Waals surface area contributed by atoms with E-state index in [4.69, 9.17) is 14.5 Å². The number of carboxylic acids is 1. The first-order valence-electron chi connectivity index (χ1n) is 14.4. The molecule has 0 unspecified atom stereocenters. The molecular weight excluding hydrogens is 590 g/mol. The summed E-state index contributed by atoms with van der Waals surface area (Å²) in [6.07, 6.45) is 1.82. The molecule has 0 saturated carbocycles. The molecule has 228 valence electrons. The number of esters is 1. The van der Waals surface area contributed by atoms with Gasteiger partial charge in [0.25, 0.3) is 5.56 Å². The molecule has 6 rings (SSSR count). The molecule has 0 amide bonds. The van der Waals surface area contributed by atoms with Crippen LogP contribution in [0.25, 0.3) is 22.5 Å². The molecule has 3 aromatic carbocycles. The fourth-order valence-corrected chi connectivity index (χ4v) is 7.09. The second-order valence-electron chi connectivity index (χ2n) is 10.7. The van der Waals surface area contributed by atoms with Crippen molar-refractivity contribution in [2.45, 2.75) is 33.7 Å². The normalized spacial score (nSPS) is 14.8. The number of thiazole rings is 1. The minimum atomic E-state index is -1.00. The number of hydrogen-bond acceptors (Lipinski definition) is 7. The molecule has 9 nitrogen and oxygen atoms in total. The number of rotatable bonds is 7. The Balaban J connectivity index is 1.59. The topological polar surface area (TPSA) is 112 Å². The van der Waals surface area contributed by atoms with E-state index in [0.29, 0.717) is 32.0 Å². The Hall–Kier alpha value is -5.22. The number of allylic oxidation sites excluding steroid dienone is 1. The van der Waals surface area contributed by atoms with E-state index in [9.17, 15) is 19.5 Å². The molecule has 0 aliphatic carbocycles. The Morgan fingerprint density at radius 3 is 2.56 bits per heavy atom. The quantitative estimate of drug-likeness (QED) is 0.254. The van der Waals surface area contributed by atoms with Gasteiger partial charge in [0.2, 0.25) is 0 Å². The van der Waals surface area contributed by atoms with Crippen molar-refractivity contribution in [3.63, 3.8) is 0 Å². The lowest BCUT2D eigenvalue weighted by Gasteiger charge is -2.27. The minimum Gasteiger partial charge on any atom is -0.496 e. The number of aromatic carboxylic acids is 1. The van der Waals surface area contributed by atoms with Crippen molar-refractivity contribution in [1.82, 2.24) is 9.13 Å². The number of fused-ring (bicyclic) bond motifs is 2. The van der Waals surface area contributed by atoms with E-state index < -0.39 is 18.0 Å². The van der Waals surface area contributed by atoms with Gasteiger partial charge in [0, 0.05) is 22.6 Å². The molecule has 2 aromatic heterocycles. The highest BCUT2D eigenvalue weighted by atomic mass is 32.1. The van der Waals surface area contributed by atoms with E-state index in [-0.39, 0.29) is 23.3 Å². The molecule has 0 bridgehead atoms. The zero-order valence-corrected chi connectivity index (χ0v) is 26.3. The molecule has 0 fully saturated rings. The number of aromatic nitrogens is 2. The highest BCUT2D eigenvalue weighted by molar-refractivity contribution is 7.07. The number of carboxylic acid groups (broad SMARTS) is 1. The van der Waals surface area contributed by atoms with Crippen LogP contribution in [0, 0.1) is 13.8 Å². The predicted octanol–water partition coefficient (Wildman–Crippen LogP) is 5.07. The second-order valence-corrected chi connectivity index (χ2v) is 11.7. The van der Waals surface area contributed by atoms with Crippen molar-refractivity contribution in [2.24, 2.45) is 4.99 Å². The Bertz CT molecular complexity index is 2240. The Morgan fingerprint density at radius 1 is 1.04 bits per heavy atom. The molecule has 1 aliphatic heterocycles. The third-order valence-electron chi connectivity index (χ3n) is 8.05. The molecule has 10 heteroatoms. The van der Waals surface area contributed by atoms with Crippen LogP contribution in [-0.4, -0.2) is 39.9 Å². The van der Waals surface area contributed by atoms with Gasteiger partial charge in [-0.2, -0.15) is 0 Å². The van der Waals surface area contributed by atoms with Gasteiger partial charge in [-0.1, -0.05) is 47.7 Å². The van der Waals surface area contributed by atoms with Gasteiger partial charge >= 0.3 is 11.9 Å². The fourth-order valence-electron chi connectivity index (χ4n) is 6.05. The van der Waals surface area contributed by atoms with E-state index in [1.54, 1.807) is 43.7 Å². The molecule has 0 radical (unpaired) electrons. The maximum Gasteiger partial charge on any atom is 0.338 e. The van der Waals surface area contributed by atoms with E-state index >= 15 is 0 Å². The van der Waals surface area contributed by atoms with E-state index in [2.05, 4.69) is 0 Å². The Labute approximate surface area is 262 Å². The standard InChI is InChI=1S/C35H31N3O6S/c1-6-44-34(42)29-20(3)36-35-38(31(29)30-26-13-8-7-10-22(26)14-15-27(30)43-5)32(39)28(45-35)18-24-16-19(2)37(21(24)4)25-12-9-11-23(17-25)33(40)41/h7-18,31H,6H2,1-5H3,(H,40,41)/b28-18-/t31-/m0/s1. The van der Waals surface area contributed by atoms with Crippen LogP contribution in [0.2, 0.25) is 0 Å². The maximum atomic E-state index is 14.4. The van der Waals surface area contributed by atoms with Crippen LogP contribution in [0.5, 0.6) is 5.75 Å². The number of methoxy groups -OCH3 is 1. The summed E-state index contributed by atoms with van der Waals surface area (Å²) in [5.41, 5.74) is 4.56. The van der Waals surface area contributed by atoms with Gasteiger partial charge in [-0.15, -0.1) is 0 Å². The van der Waals surface area contributed by atoms with Crippen molar-refractivity contribution in [3.05, 3.63) is 126 Å². The summed E-state index contributed by atoms with van der Waals surface area (Å²) in [6, 6.07) is 19.4. The van der Waals surface area contributed by atoms with Crippen LogP contribution in [0.3, 0.4) is 0 Å². The van der Waals surface area contributed by atoms with Gasteiger partial charge in [0.15, 0.2) is 4.80 Å². The molecular formula is C35H31N3O6S. The number of ether oxygens (including phenoxy) is 2. The highest BCUT2D eigenvalue weighted by Gasteiger charge is 2.36. The molecule has 45 heavy (non-hydrogen) atoms. The lowest BCUT2D eigenvalue weighted by molar-refractivity contribution is -0.139. The molecule has 1 N–H and O–H groups in total. The van der Waals surface area contributed by atoms with Crippen LogP contribution in [0.1, 0.15) is 52.8 Å². The number of aryl methyl sites for hydroxylation is 1. The highest BCUT2D eigenvalue weighted by Crippen LogP contribution is 2.40. The largest absolute Gasteiger partial charge is 0.496 e. The third-order valence-corrected chi connectivity index (χ3v) is 9.03. The zero-order valence-electron chi connectivity index (χ0n) is 25.5. The molecule has 0 spiro atoms. The molecule has 1 aliphatic rings. The number of carbonyl (C=O) groups is 2. The first kappa shape index (κ1) is 29.8.